The number of para-hydroxylation sites is 1. The quantitative estimate of drug-likeness (QED) is 0.910. The van der Waals surface area contributed by atoms with Gasteiger partial charge in [0.05, 0.1) is 12.2 Å². The maximum atomic E-state index is 12.2. The Hall–Kier alpha value is -2.63. The van der Waals surface area contributed by atoms with Crippen molar-refractivity contribution in [1.82, 2.24) is 15.1 Å². The number of rotatable bonds is 4. The van der Waals surface area contributed by atoms with Crippen molar-refractivity contribution in [2.45, 2.75) is 44.8 Å². The normalized spacial score (nSPS) is 18.2. The molecular formula is C19H21N3O3. The van der Waals surface area contributed by atoms with Crippen molar-refractivity contribution in [3.63, 3.8) is 0 Å². The third-order valence-electron chi connectivity index (χ3n) is 4.81. The Kier molecular flexibility index (Phi) is 4.26. The van der Waals surface area contributed by atoms with Gasteiger partial charge in [-0.05, 0) is 42.9 Å². The first-order chi connectivity index (χ1) is 12.2. The molecule has 25 heavy (non-hydrogen) atoms. The molecule has 130 valence electrons. The Morgan fingerprint density at radius 3 is 2.96 bits per heavy atom. The molecule has 1 amide bonds. The number of carbonyl (C=O) groups excluding carboxylic acids is 1. The smallest absolute Gasteiger partial charge is 0.267 e. The zero-order valence-corrected chi connectivity index (χ0v) is 14.0. The number of ether oxygens (including phenoxy) is 1. The molecule has 1 aromatic heterocycles. The van der Waals surface area contributed by atoms with Crippen molar-refractivity contribution in [3.8, 4) is 5.75 Å². The summed E-state index contributed by atoms with van der Waals surface area (Å²) in [6, 6.07) is 9.53. The Labute approximate surface area is 145 Å². The van der Waals surface area contributed by atoms with E-state index >= 15 is 0 Å². The van der Waals surface area contributed by atoms with Crippen LogP contribution in [0.2, 0.25) is 0 Å². The predicted molar refractivity (Wildman–Crippen MR) is 92.7 cm³/mol. The standard InChI is InChI=1S/C19H21N3O3/c23-18(20-11-15-9-14-6-2-4-8-17(14)25-15)12-22-19(24)10-13-5-1-3-7-16(13)21-22/h2,4,6,8,10,15H,1,3,5,7,9,11-12H2,(H,20,23)/t15-/m0/s1. The highest BCUT2D eigenvalue weighted by atomic mass is 16.5. The summed E-state index contributed by atoms with van der Waals surface area (Å²) in [5.41, 5.74) is 2.94. The molecule has 6 nitrogen and oxygen atoms in total. The number of hydrogen-bond donors (Lipinski definition) is 1. The highest BCUT2D eigenvalue weighted by molar-refractivity contribution is 5.75. The number of carbonyl (C=O) groups is 1. The minimum Gasteiger partial charge on any atom is -0.488 e. The summed E-state index contributed by atoms with van der Waals surface area (Å²) in [4.78, 5) is 24.3. The number of nitrogens with zero attached hydrogens (tertiary/aromatic N) is 2. The summed E-state index contributed by atoms with van der Waals surface area (Å²) in [5, 5.41) is 7.23. The van der Waals surface area contributed by atoms with E-state index in [4.69, 9.17) is 4.74 Å². The number of amides is 1. The molecule has 4 rings (SSSR count). The fraction of sp³-hybridized carbons (Fsp3) is 0.421. The summed E-state index contributed by atoms with van der Waals surface area (Å²) in [6.45, 7) is 0.374. The second-order valence-corrected chi connectivity index (χ2v) is 6.68. The first-order valence-corrected chi connectivity index (χ1v) is 8.80. The molecule has 0 saturated carbocycles. The molecule has 1 aliphatic heterocycles. The lowest BCUT2D eigenvalue weighted by atomic mass is 9.97. The molecule has 0 bridgehead atoms. The van der Waals surface area contributed by atoms with Crippen LogP contribution in [0.4, 0.5) is 0 Å². The largest absolute Gasteiger partial charge is 0.488 e. The zero-order chi connectivity index (χ0) is 17.2. The molecule has 1 N–H and O–H groups in total. The molecule has 6 heteroatoms. The fourth-order valence-corrected chi connectivity index (χ4v) is 3.50. The van der Waals surface area contributed by atoms with Crippen molar-refractivity contribution in [2.75, 3.05) is 6.54 Å². The van der Waals surface area contributed by atoms with Crippen LogP contribution in [-0.2, 0) is 30.6 Å². The van der Waals surface area contributed by atoms with Crippen molar-refractivity contribution >= 4 is 5.91 Å². The molecule has 0 saturated heterocycles. The molecule has 0 radical (unpaired) electrons. The van der Waals surface area contributed by atoms with Gasteiger partial charge in [0, 0.05) is 12.5 Å². The molecular weight excluding hydrogens is 318 g/mol. The van der Waals surface area contributed by atoms with Gasteiger partial charge in [0.1, 0.15) is 18.4 Å². The summed E-state index contributed by atoms with van der Waals surface area (Å²) < 4.78 is 7.07. The second-order valence-electron chi connectivity index (χ2n) is 6.68. The number of aromatic nitrogens is 2. The van der Waals surface area contributed by atoms with Gasteiger partial charge in [0.15, 0.2) is 0 Å². The van der Waals surface area contributed by atoms with Gasteiger partial charge in [0.25, 0.3) is 5.56 Å². The SMILES string of the molecule is O=C(Cn1nc2c(cc1=O)CCCC2)NC[C@@H]1Cc2ccccc2O1. The van der Waals surface area contributed by atoms with Gasteiger partial charge in [-0.15, -0.1) is 0 Å². The lowest BCUT2D eigenvalue weighted by Crippen LogP contribution is -2.39. The van der Waals surface area contributed by atoms with Gasteiger partial charge < -0.3 is 10.1 Å². The van der Waals surface area contributed by atoms with Crippen molar-refractivity contribution < 1.29 is 9.53 Å². The maximum Gasteiger partial charge on any atom is 0.267 e. The van der Waals surface area contributed by atoms with Crippen LogP contribution >= 0.6 is 0 Å². The monoisotopic (exact) mass is 339 g/mol. The van der Waals surface area contributed by atoms with E-state index in [0.29, 0.717) is 6.54 Å². The van der Waals surface area contributed by atoms with Gasteiger partial charge in [-0.2, -0.15) is 5.10 Å². The third-order valence-corrected chi connectivity index (χ3v) is 4.81. The van der Waals surface area contributed by atoms with Crippen molar-refractivity contribution in [2.24, 2.45) is 0 Å². The van der Waals surface area contributed by atoms with Gasteiger partial charge in [-0.25, -0.2) is 4.68 Å². The first kappa shape index (κ1) is 15.9. The Bertz CT molecular complexity index is 834. The minimum atomic E-state index is -0.218. The second kappa shape index (κ2) is 6.70. The van der Waals surface area contributed by atoms with Crippen LogP contribution in [0.3, 0.4) is 0 Å². The summed E-state index contributed by atoms with van der Waals surface area (Å²) in [5.74, 6) is 0.666. The van der Waals surface area contributed by atoms with Gasteiger partial charge >= 0.3 is 0 Å². The highest BCUT2D eigenvalue weighted by Gasteiger charge is 2.23. The fourth-order valence-electron chi connectivity index (χ4n) is 3.50. The topological polar surface area (TPSA) is 73.2 Å². The van der Waals surface area contributed by atoms with Crippen LogP contribution in [0, 0.1) is 0 Å². The zero-order valence-electron chi connectivity index (χ0n) is 14.0. The summed E-state index contributed by atoms with van der Waals surface area (Å²) >= 11 is 0. The number of aryl methyl sites for hydroxylation is 2. The van der Waals surface area contributed by atoms with Crippen LogP contribution in [-0.4, -0.2) is 28.3 Å². The van der Waals surface area contributed by atoms with Crippen LogP contribution in [0.1, 0.15) is 29.7 Å². The van der Waals surface area contributed by atoms with Gasteiger partial charge in [-0.1, -0.05) is 18.2 Å². The summed E-state index contributed by atoms with van der Waals surface area (Å²) in [6.07, 6.45) is 4.70. The lowest BCUT2D eigenvalue weighted by molar-refractivity contribution is -0.122. The molecule has 1 atom stereocenters. The molecule has 1 aliphatic carbocycles. The number of benzene rings is 1. The predicted octanol–water partition coefficient (Wildman–Crippen LogP) is 1.24. The van der Waals surface area contributed by atoms with Crippen molar-refractivity contribution in [1.29, 1.82) is 0 Å². The Morgan fingerprint density at radius 1 is 1.24 bits per heavy atom. The van der Waals surface area contributed by atoms with Crippen LogP contribution < -0.4 is 15.6 Å². The first-order valence-electron chi connectivity index (χ1n) is 8.80. The van der Waals surface area contributed by atoms with E-state index in [0.717, 1.165) is 54.7 Å². The van der Waals surface area contributed by atoms with Gasteiger partial charge in [-0.3, -0.25) is 9.59 Å². The molecule has 0 spiro atoms. The van der Waals surface area contributed by atoms with E-state index in [9.17, 15) is 9.59 Å². The Balaban J connectivity index is 1.35. The van der Waals surface area contributed by atoms with E-state index in [1.54, 1.807) is 6.07 Å². The van der Waals surface area contributed by atoms with Crippen LogP contribution in [0.5, 0.6) is 5.75 Å². The van der Waals surface area contributed by atoms with E-state index in [-0.39, 0.29) is 24.1 Å². The Morgan fingerprint density at radius 2 is 2.08 bits per heavy atom. The average Bonchev–Trinajstić information content (AvgIpc) is 3.03. The van der Waals surface area contributed by atoms with E-state index in [2.05, 4.69) is 10.4 Å². The molecule has 2 aromatic rings. The molecule has 0 fully saturated rings. The third kappa shape index (κ3) is 3.43. The maximum absolute atomic E-state index is 12.2. The van der Waals surface area contributed by atoms with E-state index in [1.165, 1.54) is 4.68 Å². The number of nitrogens with one attached hydrogen (secondary N) is 1. The van der Waals surface area contributed by atoms with Crippen LogP contribution in [0.25, 0.3) is 0 Å². The number of hydrogen-bond acceptors (Lipinski definition) is 4. The lowest BCUT2D eigenvalue weighted by Gasteiger charge is -2.16. The molecule has 2 heterocycles. The summed E-state index contributed by atoms with van der Waals surface area (Å²) in [7, 11) is 0. The van der Waals surface area contributed by atoms with E-state index in [1.807, 2.05) is 24.3 Å². The van der Waals surface area contributed by atoms with E-state index < -0.39 is 0 Å². The van der Waals surface area contributed by atoms with Crippen LogP contribution in [0.15, 0.2) is 35.1 Å². The van der Waals surface area contributed by atoms with Gasteiger partial charge in [0.2, 0.25) is 5.91 Å². The minimum absolute atomic E-state index is 0.0498. The number of fused-ring (bicyclic) bond motifs is 2. The average molecular weight is 339 g/mol. The highest BCUT2D eigenvalue weighted by Crippen LogP contribution is 2.27. The molecule has 1 aromatic carbocycles. The molecule has 2 aliphatic rings. The molecule has 0 unspecified atom stereocenters. The van der Waals surface area contributed by atoms with Crippen molar-refractivity contribution in [3.05, 3.63) is 57.5 Å².